The molecule has 2 atom stereocenters. The Bertz CT molecular complexity index is 1100. The number of rotatable bonds is 6. The third kappa shape index (κ3) is 4.48. The van der Waals surface area contributed by atoms with E-state index in [-0.39, 0.29) is 11.6 Å². The summed E-state index contributed by atoms with van der Waals surface area (Å²) in [5, 5.41) is 11.9. The monoisotopic (exact) mass is 426 g/mol. The molecule has 0 spiro atoms. The summed E-state index contributed by atoms with van der Waals surface area (Å²) in [5.41, 5.74) is 0.952. The average molecular weight is 427 g/mol. The Labute approximate surface area is 180 Å². The molecule has 3 aromatic rings. The van der Waals surface area contributed by atoms with Crippen molar-refractivity contribution in [2.45, 2.75) is 52.4 Å². The van der Waals surface area contributed by atoms with Crippen molar-refractivity contribution in [1.29, 1.82) is 0 Å². The number of carbonyl (C=O) groups excluding carboxylic acids is 1. The number of alkyl halides is 1. The molecular formula is C21H27FN8O. The minimum Gasteiger partial charge on any atom is -0.353 e. The third-order valence-corrected chi connectivity index (χ3v) is 5.17. The smallest absolute Gasteiger partial charge is 0.222 e. The molecule has 1 aliphatic heterocycles. The highest BCUT2D eigenvalue weighted by atomic mass is 19.1. The van der Waals surface area contributed by atoms with E-state index in [4.69, 9.17) is 5.10 Å². The van der Waals surface area contributed by atoms with Crippen molar-refractivity contribution in [2.75, 3.05) is 23.3 Å². The Morgan fingerprint density at radius 3 is 2.77 bits per heavy atom. The molecule has 0 saturated carbocycles. The van der Waals surface area contributed by atoms with Gasteiger partial charge < -0.3 is 15.5 Å². The molecule has 3 aromatic heterocycles. The van der Waals surface area contributed by atoms with Crippen LogP contribution < -0.4 is 15.5 Å². The summed E-state index contributed by atoms with van der Waals surface area (Å²) in [6.07, 6.45) is 4.43. The predicted octanol–water partition coefficient (Wildman–Crippen LogP) is 2.78. The molecule has 2 N–H and O–H groups in total. The fraction of sp³-hybridized carbons (Fsp3) is 0.476. The van der Waals surface area contributed by atoms with Crippen LogP contribution in [-0.4, -0.2) is 55.8 Å². The summed E-state index contributed by atoms with van der Waals surface area (Å²) in [6.45, 7) is 8.81. The van der Waals surface area contributed by atoms with Gasteiger partial charge in [-0.15, -0.1) is 5.10 Å². The molecule has 0 aliphatic carbocycles. The van der Waals surface area contributed by atoms with Crippen LogP contribution in [-0.2, 0) is 4.79 Å². The predicted molar refractivity (Wildman–Crippen MR) is 117 cm³/mol. The Morgan fingerprint density at radius 1 is 1.26 bits per heavy atom. The zero-order valence-corrected chi connectivity index (χ0v) is 18.1. The number of hydrogen-bond acceptors (Lipinski definition) is 7. The quantitative estimate of drug-likeness (QED) is 0.625. The minimum atomic E-state index is -1.24. The summed E-state index contributed by atoms with van der Waals surface area (Å²) in [6, 6.07) is 2.53. The summed E-state index contributed by atoms with van der Waals surface area (Å²) in [4.78, 5) is 26.6. The van der Waals surface area contributed by atoms with Gasteiger partial charge in [-0.05, 0) is 13.3 Å². The number of hydrogen-bond donors (Lipinski definition) is 2. The van der Waals surface area contributed by atoms with Gasteiger partial charge in [-0.3, -0.25) is 9.78 Å². The molecule has 0 aromatic carbocycles. The van der Waals surface area contributed by atoms with E-state index in [0.29, 0.717) is 29.2 Å². The Kier molecular flexibility index (Phi) is 5.81. The number of pyridine rings is 1. The van der Waals surface area contributed by atoms with Crippen molar-refractivity contribution in [3.63, 3.8) is 0 Å². The van der Waals surface area contributed by atoms with E-state index in [1.807, 2.05) is 0 Å². The van der Waals surface area contributed by atoms with Gasteiger partial charge >= 0.3 is 0 Å². The number of carbonyl (C=O) groups is 1. The van der Waals surface area contributed by atoms with Gasteiger partial charge in [0, 0.05) is 44.4 Å². The number of aromatic nitrogens is 5. The standard InChI is InChI=1S/C21H27FN8O/c1-12(2)25-15-5-6-29(11-15)21-16-8-24-19(26-14(4)31)7-18(16)30(28-21)20-10-23-9-17(27-20)13(3)22/h7-10,12-13,15,25H,5-6,11H2,1-4H3,(H,24,26,31). The lowest BCUT2D eigenvalue weighted by Gasteiger charge is -2.18. The van der Waals surface area contributed by atoms with E-state index >= 15 is 0 Å². The first kappa shape index (κ1) is 21.1. The van der Waals surface area contributed by atoms with E-state index in [1.54, 1.807) is 23.1 Å². The second-order valence-electron chi connectivity index (χ2n) is 8.17. The van der Waals surface area contributed by atoms with Crippen LogP contribution in [0.3, 0.4) is 0 Å². The van der Waals surface area contributed by atoms with E-state index in [2.05, 4.69) is 44.3 Å². The molecule has 31 heavy (non-hydrogen) atoms. The van der Waals surface area contributed by atoms with Crippen LogP contribution in [0.1, 0.15) is 46.0 Å². The largest absolute Gasteiger partial charge is 0.353 e. The lowest BCUT2D eigenvalue weighted by molar-refractivity contribution is -0.114. The van der Waals surface area contributed by atoms with Crippen LogP contribution in [0.5, 0.6) is 0 Å². The maximum Gasteiger partial charge on any atom is 0.222 e. The number of amides is 1. The molecule has 10 heteroatoms. The molecule has 164 valence electrons. The number of nitrogens with zero attached hydrogens (tertiary/aromatic N) is 6. The third-order valence-electron chi connectivity index (χ3n) is 5.17. The molecular weight excluding hydrogens is 399 g/mol. The summed E-state index contributed by atoms with van der Waals surface area (Å²) >= 11 is 0. The number of nitrogens with one attached hydrogen (secondary N) is 2. The minimum absolute atomic E-state index is 0.215. The molecule has 2 unspecified atom stereocenters. The van der Waals surface area contributed by atoms with Crippen LogP contribution >= 0.6 is 0 Å². The van der Waals surface area contributed by atoms with Crippen molar-refractivity contribution in [2.24, 2.45) is 0 Å². The molecule has 4 heterocycles. The Balaban J connectivity index is 1.79. The topological polar surface area (TPSA) is 101 Å². The fourth-order valence-corrected chi connectivity index (χ4v) is 3.88. The molecule has 4 rings (SSSR count). The van der Waals surface area contributed by atoms with Crippen LogP contribution in [0, 0.1) is 0 Å². The lowest BCUT2D eigenvalue weighted by atomic mass is 10.2. The highest BCUT2D eigenvalue weighted by Gasteiger charge is 2.27. The molecule has 1 saturated heterocycles. The highest BCUT2D eigenvalue weighted by molar-refractivity contribution is 5.95. The number of halogens is 1. The molecule has 0 bridgehead atoms. The van der Waals surface area contributed by atoms with Crippen LogP contribution in [0.25, 0.3) is 16.7 Å². The van der Waals surface area contributed by atoms with Gasteiger partial charge in [-0.1, -0.05) is 13.8 Å². The van der Waals surface area contributed by atoms with E-state index in [0.717, 1.165) is 30.7 Å². The van der Waals surface area contributed by atoms with Crippen LogP contribution in [0.4, 0.5) is 16.0 Å². The van der Waals surface area contributed by atoms with Gasteiger partial charge in [0.05, 0.1) is 29.0 Å². The van der Waals surface area contributed by atoms with Gasteiger partial charge in [0.2, 0.25) is 5.91 Å². The molecule has 1 aliphatic rings. The maximum absolute atomic E-state index is 13.8. The summed E-state index contributed by atoms with van der Waals surface area (Å²) in [5.74, 6) is 1.39. The van der Waals surface area contributed by atoms with Gasteiger partial charge in [-0.2, -0.15) is 0 Å². The fourth-order valence-electron chi connectivity index (χ4n) is 3.88. The molecule has 1 fully saturated rings. The normalized spacial score (nSPS) is 17.5. The van der Waals surface area contributed by atoms with Crippen molar-refractivity contribution >= 4 is 28.4 Å². The van der Waals surface area contributed by atoms with Crippen LogP contribution in [0.2, 0.25) is 0 Å². The Hall–Kier alpha value is -3.14. The first-order chi connectivity index (χ1) is 14.8. The lowest BCUT2D eigenvalue weighted by Crippen LogP contribution is -2.37. The van der Waals surface area contributed by atoms with Gasteiger partial charge in [0.15, 0.2) is 11.6 Å². The Morgan fingerprint density at radius 2 is 2.06 bits per heavy atom. The highest BCUT2D eigenvalue weighted by Crippen LogP contribution is 2.31. The van der Waals surface area contributed by atoms with Crippen molar-refractivity contribution in [3.8, 4) is 5.82 Å². The van der Waals surface area contributed by atoms with Crippen molar-refractivity contribution < 1.29 is 9.18 Å². The number of anilines is 2. The van der Waals surface area contributed by atoms with E-state index in [9.17, 15) is 9.18 Å². The number of fused-ring (bicyclic) bond motifs is 1. The van der Waals surface area contributed by atoms with E-state index in [1.165, 1.54) is 20.0 Å². The second-order valence-corrected chi connectivity index (χ2v) is 8.17. The first-order valence-electron chi connectivity index (χ1n) is 10.5. The van der Waals surface area contributed by atoms with E-state index < -0.39 is 6.17 Å². The van der Waals surface area contributed by atoms with Gasteiger partial charge in [-0.25, -0.2) is 19.0 Å². The average Bonchev–Trinajstić information content (AvgIpc) is 3.31. The molecule has 9 nitrogen and oxygen atoms in total. The van der Waals surface area contributed by atoms with Crippen molar-refractivity contribution in [1.82, 2.24) is 30.0 Å². The van der Waals surface area contributed by atoms with Crippen molar-refractivity contribution in [3.05, 3.63) is 30.4 Å². The second kappa shape index (κ2) is 8.54. The summed E-state index contributed by atoms with van der Waals surface area (Å²) in [7, 11) is 0. The van der Waals surface area contributed by atoms with Gasteiger partial charge in [0.25, 0.3) is 0 Å². The zero-order chi connectivity index (χ0) is 22.1. The SMILES string of the molecule is CC(=O)Nc1cc2c(cn1)c(N1CCC(NC(C)C)C1)nn2-c1cncc(C(C)F)n1. The molecule has 0 radical (unpaired) electrons. The summed E-state index contributed by atoms with van der Waals surface area (Å²) < 4.78 is 15.5. The molecule has 1 amide bonds. The maximum atomic E-state index is 13.8. The first-order valence-corrected chi connectivity index (χ1v) is 10.5. The van der Waals surface area contributed by atoms with Crippen LogP contribution in [0.15, 0.2) is 24.7 Å². The van der Waals surface area contributed by atoms with Gasteiger partial charge in [0.1, 0.15) is 12.0 Å². The zero-order valence-electron chi connectivity index (χ0n) is 18.1.